The van der Waals surface area contributed by atoms with Gasteiger partial charge in [-0.1, -0.05) is 55.8 Å². The van der Waals surface area contributed by atoms with Gasteiger partial charge in [0.05, 0.1) is 10.6 Å². The Hall–Kier alpha value is -3.65. The number of hydrogen-bond acceptors (Lipinski definition) is 4. The highest BCUT2D eigenvalue weighted by Crippen LogP contribution is 2.24. The molecule has 0 aliphatic carbocycles. The van der Waals surface area contributed by atoms with E-state index in [1.807, 2.05) is 13.0 Å². The third kappa shape index (κ3) is 5.53. The van der Waals surface area contributed by atoms with E-state index in [0.717, 1.165) is 6.42 Å². The summed E-state index contributed by atoms with van der Waals surface area (Å²) in [7, 11) is -3.89. The molecular weight excluding hydrogens is 426 g/mol. The number of benzene rings is 3. The number of para-hydroxylation sites is 1. The predicted molar refractivity (Wildman–Crippen MR) is 124 cm³/mol. The maximum atomic E-state index is 13.4. The number of hydrogen-bond donors (Lipinski definition) is 2. The molecule has 0 unspecified atom stereocenters. The Morgan fingerprint density at radius 3 is 1.97 bits per heavy atom. The lowest BCUT2D eigenvalue weighted by atomic mass is 10.2. The molecule has 0 fully saturated rings. The first-order chi connectivity index (χ1) is 15.4. The van der Waals surface area contributed by atoms with Crippen LogP contribution in [0.5, 0.6) is 0 Å². The molecule has 7 nitrogen and oxygen atoms in total. The minimum Gasteiger partial charge on any atom is -0.267 e. The molecule has 3 rings (SSSR count). The van der Waals surface area contributed by atoms with Gasteiger partial charge in [0.15, 0.2) is 0 Å². The van der Waals surface area contributed by atoms with Crippen LogP contribution in [-0.2, 0) is 10.0 Å². The van der Waals surface area contributed by atoms with Crippen molar-refractivity contribution in [3.63, 3.8) is 0 Å². The fourth-order valence-electron chi connectivity index (χ4n) is 3.06. The van der Waals surface area contributed by atoms with Crippen molar-refractivity contribution in [2.45, 2.75) is 24.7 Å². The average molecular weight is 452 g/mol. The number of unbranched alkanes of at least 4 members (excludes halogenated alkanes) is 1. The Kier molecular flexibility index (Phi) is 7.62. The van der Waals surface area contributed by atoms with Gasteiger partial charge in [0, 0.05) is 17.7 Å². The maximum absolute atomic E-state index is 13.4. The Morgan fingerprint density at radius 2 is 1.34 bits per heavy atom. The van der Waals surface area contributed by atoms with E-state index in [9.17, 15) is 18.0 Å². The normalized spacial score (nSPS) is 10.9. The van der Waals surface area contributed by atoms with Gasteiger partial charge >= 0.3 is 0 Å². The highest BCUT2D eigenvalue weighted by Gasteiger charge is 2.25. The Morgan fingerprint density at radius 1 is 0.781 bits per heavy atom. The summed E-state index contributed by atoms with van der Waals surface area (Å²) in [4.78, 5) is 24.7. The van der Waals surface area contributed by atoms with Crippen molar-refractivity contribution >= 4 is 27.5 Å². The van der Waals surface area contributed by atoms with Crippen LogP contribution in [0.1, 0.15) is 40.5 Å². The molecule has 32 heavy (non-hydrogen) atoms. The lowest BCUT2D eigenvalue weighted by Crippen LogP contribution is -2.41. The summed E-state index contributed by atoms with van der Waals surface area (Å²) in [6.07, 6.45) is 1.53. The van der Waals surface area contributed by atoms with Gasteiger partial charge in [-0.3, -0.25) is 24.7 Å². The molecule has 0 heterocycles. The monoisotopic (exact) mass is 451 g/mol. The first-order valence-corrected chi connectivity index (χ1v) is 11.7. The second-order valence-corrected chi connectivity index (χ2v) is 8.93. The van der Waals surface area contributed by atoms with Gasteiger partial charge < -0.3 is 0 Å². The van der Waals surface area contributed by atoms with Gasteiger partial charge in [0.25, 0.3) is 21.8 Å². The van der Waals surface area contributed by atoms with Crippen molar-refractivity contribution in [2.75, 3.05) is 10.8 Å². The zero-order valence-electron chi connectivity index (χ0n) is 17.7. The summed E-state index contributed by atoms with van der Waals surface area (Å²) in [5.41, 5.74) is 5.72. The van der Waals surface area contributed by atoms with Crippen molar-refractivity contribution < 1.29 is 18.0 Å². The number of anilines is 1. The van der Waals surface area contributed by atoms with Crippen LogP contribution in [-0.4, -0.2) is 26.8 Å². The van der Waals surface area contributed by atoms with Crippen molar-refractivity contribution in [2.24, 2.45) is 0 Å². The maximum Gasteiger partial charge on any atom is 0.269 e. The minimum absolute atomic E-state index is 0.000470. The van der Waals surface area contributed by atoms with Gasteiger partial charge in [0.2, 0.25) is 0 Å². The van der Waals surface area contributed by atoms with E-state index in [4.69, 9.17) is 0 Å². The van der Waals surface area contributed by atoms with E-state index in [1.54, 1.807) is 54.6 Å². The summed E-state index contributed by atoms with van der Waals surface area (Å²) >= 11 is 0. The number of sulfonamides is 1. The second-order valence-electron chi connectivity index (χ2n) is 7.07. The first-order valence-electron chi connectivity index (χ1n) is 10.3. The number of rotatable bonds is 8. The van der Waals surface area contributed by atoms with Crippen LogP contribution >= 0.6 is 0 Å². The van der Waals surface area contributed by atoms with Gasteiger partial charge in [-0.25, -0.2) is 8.42 Å². The topological polar surface area (TPSA) is 95.6 Å². The molecular formula is C24H25N3O4S. The fourth-order valence-corrected chi connectivity index (χ4v) is 4.61. The van der Waals surface area contributed by atoms with Gasteiger partial charge in [-0.2, -0.15) is 0 Å². The number of nitrogens with zero attached hydrogens (tertiary/aromatic N) is 1. The average Bonchev–Trinajstić information content (AvgIpc) is 2.83. The molecule has 0 radical (unpaired) electrons. The number of hydrazine groups is 1. The second kappa shape index (κ2) is 10.6. The number of carbonyl (C=O) groups is 2. The molecule has 166 valence electrons. The van der Waals surface area contributed by atoms with Crippen LogP contribution in [0, 0.1) is 0 Å². The minimum atomic E-state index is -3.89. The number of carbonyl (C=O) groups excluding carboxylic acids is 2. The van der Waals surface area contributed by atoms with Gasteiger partial charge in [-0.15, -0.1) is 0 Å². The van der Waals surface area contributed by atoms with Crippen LogP contribution in [0.3, 0.4) is 0 Å². The lowest BCUT2D eigenvalue weighted by molar-refractivity contribution is 0.0846. The van der Waals surface area contributed by atoms with Crippen LogP contribution in [0.15, 0.2) is 89.8 Å². The van der Waals surface area contributed by atoms with E-state index in [1.165, 1.54) is 28.6 Å². The quantitative estimate of drug-likeness (QED) is 0.510. The van der Waals surface area contributed by atoms with E-state index >= 15 is 0 Å². The molecule has 0 atom stereocenters. The molecule has 2 N–H and O–H groups in total. The molecule has 0 saturated carbocycles. The Balaban J connectivity index is 1.80. The third-order valence-electron chi connectivity index (χ3n) is 4.77. The van der Waals surface area contributed by atoms with E-state index in [-0.39, 0.29) is 10.5 Å². The molecule has 8 heteroatoms. The van der Waals surface area contributed by atoms with Gasteiger partial charge in [0.1, 0.15) is 0 Å². The SMILES string of the molecule is CCCCN(c1ccccc1)S(=O)(=O)c1cccc(C(=O)NNC(=O)c2ccccc2)c1. The Labute approximate surface area is 188 Å². The summed E-state index contributed by atoms with van der Waals surface area (Å²) < 4.78 is 28.1. The van der Waals surface area contributed by atoms with Crippen molar-refractivity contribution in [1.82, 2.24) is 10.9 Å². The fraction of sp³-hybridized carbons (Fsp3) is 0.167. The Bertz CT molecular complexity index is 1170. The standard InChI is InChI=1S/C24H25N3O4S/c1-2-3-17-27(21-14-8-5-9-15-21)32(30,31)22-16-10-13-20(18-22)24(29)26-25-23(28)19-11-6-4-7-12-19/h4-16,18H,2-3,17H2,1H3,(H,25,28)(H,26,29). The molecule has 3 aromatic rings. The molecule has 0 aliphatic rings. The molecule has 0 saturated heterocycles. The lowest BCUT2D eigenvalue weighted by Gasteiger charge is -2.24. The molecule has 0 spiro atoms. The molecule has 2 amide bonds. The number of amides is 2. The van der Waals surface area contributed by atoms with E-state index in [2.05, 4.69) is 10.9 Å². The predicted octanol–water partition coefficient (Wildman–Crippen LogP) is 3.76. The smallest absolute Gasteiger partial charge is 0.267 e. The van der Waals surface area contributed by atoms with Crippen LogP contribution < -0.4 is 15.2 Å². The van der Waals surface area contributed by atoms with Crippen LogP contribution in [0.4, 0.5) is 5.69 Å². The molecule has 0 bridgehead atoms. The number of nitrogens with one attached hydrogen (secondary N) is 2. The highest BCUT2D eigenvalue weighted by atomic mass is 32.2. The van der Waals surface area contributed by atoms with E-state index in [0.29, 0.717) is 24.2 Å². The zero-order chi connectivity index (χ0) is 23.0. The summed E-state index contributed by atoms with van der Waals surface area (Å²) in [6.45, 7) is 2.32. The van der Waals surface area contributed by atoms with E-state index < -0.39 is 21.8 Å². The van der Waals surface area contributed by atoms with Crippen molar-refractivity contribution in [3.8, 4) is 0 Å². The molecule has 0 aliphatic heterocycles. The summed E-state index contributed by atoms with van der Waals surface area (Å²) in [5.74, 6) is -1.09. The zero-order valence-corrected chi connectivity index (χ0v) is 18.5. The summed E-state index contributed by atoms with van der Waals surface area (Å²) in [6, 6.07) is 23.0. The van der Waals surface area contributed by atoms with Crippen LogP contribution in [0.2, 0.25) is 0 Å². The highest BCUT2D eigenvalue weighted by molar-refractivity contribution is 7.92. The molecule has 0 aromatic heterocycles. The summed E-state index contributed by atoms with van der Waals surface area (Å²) in [5, 5.41) is 0. The first kappa shape index (κ1) is 23.0. The molecule has 3 aromatic carbocycles. The third-order valence-corrected chi connectivity index (χ3v) is 6.59. The van der Waals surface area contributed by atoms with Crippen molar-refractivity contribution in [3.05, 3.63) is 96.1 Å². The van der Waals surface area contributed by atoms with Crippen LogP contribution in [0.25, 0.3) is 0 Å². The van der Waals surface area contributed by atoms with Gasteiger partial charge in [-0.05, 0) is 48.9 Å². The van der Waals surface area contributed by atoms with Crippen molar-refractivity contribution in [1.29, 1.82) is 0 Å². The largest absolute Gasteiger partial charge is 0.269 e.